The van der Waals surface area contributed by atoms with E-state index in [1.54, 1.807) is 0 Å². The zero-order chi connectivity index (χ0) is 11.1. The van der Waals surface area contributed by atoms with E-state index in [-0.39, 0.29) is 18.9 Å². The van der Waals surface area contributed by atoms with Crippen LogP contribution in [-0.4, -0.2) is 31.5 Å². The normalized spacial score (nSPS) is 10.3. The van der Waals surface area contributed by atoms with Gasteiger partial charge in [0.25, 0.3) is 0 Å². The first-order valence-electron chi connectivity index (χ1n) is 4.61. The van der Waals surface area contributed by atoms with Gasteiger partial charge in [-0.2, -0.15) is 0 Å². The molecule has 84 valence electrons. The van der Waals surface area contributed by atoms with Crippen LogP contribution in [0.15, 0.2) is 18.2 Å². The van der Waals surface area contributed by atoms with E-state index in [9.17, 15) is 8.78 Å². The molecule has 0 radical (unpaired) electrons. The number of hydrogen-bond donors (Lipinski definition) is 2. The Bertz CT molecular complexity index is 307. The molecule has 3 nitrogen and oxygen atoms in total. The minimum atomic E-state index is -0.628. The molecule has 0 heterocycles. The SMILES string of the molecule is OCCOCCNc1ccc(F)cc1F. The first-order valence-corrected chi connectivity index (χ1v) is 4.61. The summed E-state index contributed by atoms with van der Waals surface area (Å²) in [4.78, 5) is 0. The molecule has 0 unspecified atom stereocenters. The molecule has 0 saturated carbocycles. The number of anilines is 1. The third-order valence-corrected chi connectivity index (χ3v) is 1.73. The second-order valence-corrected chi connectivity index (χ2v) is 2.89. The van der Waals surface area contributed by atoms with E-state index in [1.807, 2.05) is 0 Å². The number of halogens is 2. The van der Waals surface area contributed by atoms with Crippen molar-refractivity contribution < 1.29 is 18.6 Å². The highest BCUT2D eigenvalue weighted by Gasteiger charge is 2.01. The van der Waals surface area contributed by atoms with Crippen LogP contribution in [0.1, 0.15) is 0 Å². The minimum Gasteiger partial charge on any atom is -0.394 e. The molecule has 2 N–H and O–H groups in total. The topological polar surface area (TPSA) is 41.5 Å². The van der Waals surface area contributed by atoms with E-state index in [0.29, 0.717) is 13.2 Å². The van der Waals surface area contributed by atoms with Gasteiger partial charge in [-0.25, -0.2) is 8.78 Å². The Labute approximate surface area is 86.7 Å². The number of hydrogen-bond acceptors (Lipinski definition) is 3. The van der Waals surface area contributed by atoms with Crippen LogP contribution in [0.25, 0.3) is 0 Å². The van der Waals surface area contributed by atoms with Gasteiger partial charge in [0.05, 0.1) is 25.5 Å². The number of benzene rings is 1. The van der Waals surface area contributed by atoms with E-state index in [4.69, 9.17) is 9.84 Å². The fourth-order valence-corrected chi connectivity index (χ4v) is 1.06. The van der Waals surface area contributed by atoms with Gasteiger partial charge >= 0.3 is 0 Å². The number of aliphatic hydroxyl groups excluding tert-OH is 1. The lowest BCUT2D eigenvalue weighted by Crippen LogP contribution is -2.12. The fourth-order valence-electron chi connectivity index (χ4n) is 1.06. The van der Waals surface area contributed by atoms with Gasteiger partial charge in [0.15, 0.2) is 0 Å². The van der Waals surface area contributed by atoms with Crippen molar-refractivity contribution in [2.75, 3.05) is 31.7 Å². The first-order chi connectivity index (χ1) is 7.24. The standard InChI is InChI=1S/C10H13F2NO2/c11-8-1-2-10(9(12)7-8)13-3-5-15-6-4-14/h1-2,7,13-14H,3-6H2. The average Bonchev–Trinajstić information content (AvgIpc) is 2.20. The van der Waals surface area contributed by atoms with Crippen LogP contribution >= 0.6 is 0 Å². The Morgan fingerprint density at radius 1 is 1.27 bits per heavy atom. The van der Waals surface area contributed by atoms with Gasteiger partial charge in [-0.3, -0.25) is 0 Å². The fraction of sp³-hybridized carbons (Fsp3) is 0.400. The van der Waals surface area contributed by atoms with Crippen molar-refractivity contribution >= 4 is 5.69 Å². The Hall–Kier alpha value is -1.20. The maximum absolute atomic E-state index is 13.0. The highest BCUT2D eigenvalue weighted by atomic mass is 19.1. The van der Waals surface area contributed by atoms with Crippen LogP contribution in [0.4, 0.5) is 14.5 Å². The second-order valence-electron chi connectivity index (χ2n) is 2.89. The quantitative estimate of drug-likeness (QED) is 0.707. The molecule has 0 aromatic heterocycles. The van der Waals surface area contributed by atoms with Gasteiger partial charge in [-0.1, -0.05) is 0 Å². The van der Waals surface area contributed by atoms with Crippen molar-refractivity contribution in [1.82, 2.24) is 0 Å². The van der Waals surface area contributed by atoms with Crippen LogP contribution in [-0.2, 0) is 4.74 Å². The van der Waals surface area contributed by atoms with Crippen LogP contribution in [0.2, 0.25) is 0 Å². The van der Waals surface area contributed by atoms with Crippen molar-refractivity contribution in [2.45, 2.75) is 0 Å². The van der Waals surface area contributed by atoms with Gasteiger partial charge in [0.1, 0.15) is 11.6 Å². The largest absolute Gasteiger partial charge is 0.394 e. The maximum Gasteiger partial charge on any atom is 0.149 e. The lowest BCUT2D eigenvalue weighted by Gasteiger charge is -2.07. The van der Waals surface area contributed by atoms with Gasteiger partial charge < -0.3 is 15.2 Å². The molecule has 0 aliphatic carbocycles. The molecular weight excluding hydrogens is 204 g/mol. The summed E-state index contributed by atoms with van der Waals surface area (Å²) in [6, 6.07) is 3.33. The summed E-state index contributed by atoms with van der Waals surface area (Å²) in [6.45, 7) is 0.985. The molecule has 0 bridgehead atoms. The Kier molecular flexibility index (Phi) is 5.00. The highest BCUT2D eigenvalue weighted by Crippen LogP contribution is 2.14. The van der Waals surface area contributed by atoms with E-state index in [2.05, 4.69) is 5.32 Å². The molecule has 1 aromatic carbocycles. The van der Waals surface area contributed by atoms with E-state index in [0.717, 1.165) is 6.07 Å². The molecule has 0 amide bonds. The molecule has 0 saturated heterocycles. The third kappa shape index (κ3) is 4.22. The maximum atomic E-state index is 13.0. The minimum absolute atomic E-state index is 0.0368. The summed E-state index contributed by atoms with van der Waals surface area (Å²) in [7, 11) is 0. The molecule has 1 aromatic rings. The lowest BCUT2D eigenvalue weighted by atomic mass is 10.3. The van der Waals surface area contributed by atoms with Gasteiger partial charge in [-0.05, 0) is 12.1 Å². The van der Waals surface area contributed by atoms with Gasteiger partial charge in [-0.15, -0.1) is 0 Å². The van der Waals surface area contributed by atoms with E-state index in [1.165, 1.54) is 12.1 Å². The lowest BCUT2D eigenvalue weighted by molar-refractivity contribution is 0.0992. The van der Waals surface area contributed by atoms with Crippen LogP contribution in [0.3, 0.4) is 0 Å². The first kappa shape index (κ1) is 11.9. The molecule has 0 spiro atoms. The molecule has 0 aliphatic rings. The summed E-state index contributed by atoms with van der Waals surface area (Å²) in [5.74, 6) is -1.23. The summed E-state index contributed by atoms with van der Waals surface area (Å²) >= 11 is 0. The van der Waals surface area contributed by atoms with Crippen LogP contribution in [0, 0.1) is 11.6 Å². The summed E-state index contributed by atoms with van der Waals surface area (Å²) in [5.41, 5.74) is 0.240. The van der Waals surface area contributed by atoms with E-state index >= 15 is 0 Å². The predicted molar refractivity (Wildman–Crippen MR) is 52.8 cm³/mol. The molecular formula is C10H13F2NO2. The molecule has 0 atom stereocenters. The van der Waals surface area contributed by atoms with Gasteiger partial charge in [0.2, 0.25) is 0 Å². The van der Waals surface area contributed by atoms with Crippen molar-refractivity contribution in [2.24, 2.45) is 0 Å². The number of ether oxygens (including phenoxy) is 1. The van der Waals surface area contributed by atoms with E-state index < -0.39 is 11.6 Å². The Morgan fingerprint density at radius 2 is 2.07 bits per heavy atom. The molecule has 5 heteroatoms. The molecule has 15 heavy (non-hydrogen) atoms. The smallest absolute Gasteiger partial charge is 0.149 e. The Balaban J connectivity index is 2.31. The number of aliphatic hydroxyl groups is 1. The van der Waals surface area contributed by atoms with Crippen molar-refractivity contribution in [3.05, 3.63) is 29.8 Å². The number of nitrogens with one attached hydrogen (secondary N) is 1. The number of rotatable bonds is 6. The molecule has 0 fully saturated rings. The van der Waals surface area contributed by atoms with Crippen LogP contribution < -0.4 is 5.32 Å². The predicted octanol–water partition coefficient (Wildman–Crippen LogP) is 1.39. The van der Waals surface area contributed by atoms with Gasteiger partial charge in [0, 0.05) is 12.6 Å². The zero-order valence-electron chi connectivity index (χ0n) is 8.17. The summed E-state index contributed by atoms with van der Waals surface area (Å²) in [6.07, 6.45) is 0. The van der Waals surface area contributed by atoms with Crippen molar-refractivity contribution in [1.29, 1.82) is 0 Å². The third-order valence-electron chi connectivity index (χ3n) is 1.73. The highest BCUT2D eigenvalue weighted by molar-refractivity contribution is 5.44. The van der Waals surface area contributed by atoms with Crippen molar-refractivity contribution in [3.8, 4) is 0 Å². The monoisotopic (exact) mass is 217 g/mol. The average molecular weight is 217 g/mol. The summed E-state index contributed by atoms with van der Waals surface area (Å²) < 4.78 is 30.5. The van der Waals surface area contributed by atoms with Crippen molar-refractivity contribution in [3.63, 3.8) is 0 Å². The molecule has 0 aliphatic heterocycles. The Morgan fingerprint density at radius 3 is 2.73 bits per heavy atom. The molecule has 1 rings (SSSR count). The zero-order valence-corrected chi connectivity index (χ0v) is 8.17. The second kappa shape index (κ2) is 6.31. The van der Waals surface area contributed by atoms with Crippen LogP contribution in [0.5, 0.6) is 0 Å². The summed E-state index contributed by atoms with van der Waals surface area (Å²) in [5, 5.41) is 11.2.